The van der Waals surface area contributed by atoms with Crippen LogP contribution >= 0.6 is 11.6 Å². The molecule has 6 nitrogen and oxygen atoms in total. The Hall–Kier alpha value is -2.12. The lowest BCUT2D eigenvalue weighted by atomic mass is 10.1. The lowest BCUT2D eigenvalue weighted by Gasteiger charge is -2.14. The van der Waals surface area contributed by atoms with E-state index < -0.39 is 28.5 Å². The molecule has 3 amide bonds. The number of imide groups is 1. The highest BCUT2D eigenvalue weighted by atomic mass is 35.5. The molecule has 0 bridgehead atoms. The number of rotatable bonds is 2. The normalized spacial score (nSPS) is 15.6. The van der Waals surface area contributed by atoms with Crippen molar-refractivity contribution in [3.05, 3.63) is 41.4 Å². The molecule has 1 fully saturated rings. The van der Waals surface area contributed by atoms with E-state index in [-0.39, 0.29) is 4.90 Å². The maximum atomic E-state index is 12.4. The molecule has 2 aromatic rings. The summed E-state index contributed by atoms with van der Waals surface area (Å²) in [5.41, 5.74) is 0. The van der Waals surface area contributed by atoms with E-state index in [4.69, 9.17) is 11.6 Å². The molecule has 0 radical (unpaired) electrons. The Kier molecular flexibility index (Phi) is 3.11. The summed E-state index contributed by atoms with van der Waals surface area (Å²) in [4.78, 5) is 22.6. The number of urea groups is 1. The fourth-order valence-electron chi connectivity index (χ4n) is 2.13. The predicted molar refractivity (Wildman–Crippen MR) is 76.4 cm³/mol. The molecule has 0 aliphatic carbocycles. The van der Waals surface area contributed by atoms with E-state index in [1.54, 1.807) is 24.3 Å². The van der Waals surface area contributed by atoms with Crippen LogP contribution in [0.3, 0.4) is 0 Å². The number of sulfonamides is 1. The summed E-state index contributed by atoms with van der Waals surface area (Å²) in [5, 5.41) is 3.78. The van der Waals surface area contributed by atoms with Crippen LogP contribution in [0.1, 0.15) is 0 Å². The van der Waals surface area contributed by atoms with Crippen LogP contribution < -0.4 is 5.32 Å². The predicted octanol–water partition coefficient (Wildman–Crippen LogP) is 1.73. The molecule has 1 aliphatic heterocycles. The molecule has 3 rings (SSSR count). The molecule has 1 heterocycles. The van der Waals surface area contributed by atoms with Crippen LogP contribution in [0.25, 0.3) is 10.8 Å². The summed E-state index contributed by atoms with van der Waals surface area (Å²) in [6.45, 7) is -0.505. The van der Waals surface area contributed by atoms with Gasteiger partial charge in [0.2, 0.25) is 5.91 Å². The number of amides is 3. The number of fused-ring (bicyclic) bond motifs is 1. The van der Waals surface area contributed by atoms with Crippen molar-refractivity contribution >= 4 is 44.3 Å². The molecule has 0 spiro atoms. The molecule has 1 saturated heterocycles. The van der Waals surface area contributed by atoms with Gasteiger partial charge in [-0.1, -0.05) is 29.8 Å². The highest BCUT2D eigenvalue weighted by molar-refractivity contribution is 7.89. The minimum Gasteiger partial charge on any atom is -0.275 e. The molecular formula is C13H9ClN2O4S. The number of nitrogens with zero attached hydrogens (tertiary/aromatic N) is 1. The van der Waals surface area contributed by atoms with Gasteiger partial charge in [-0.05, 0) is 23.6 Å². The first-order chi connectivity index (χ1) is 9.89. The molecule has 21 heavy (non-hydrogen) atoms. The molecule has 0 atom stereocenters. The fourth-order valence-corrected chi connectivity index (χ4v) is 3.69. The molecular weight excluding hydrogens is 316 g/mol. The van der Waals surface area contributed by atoms with E-state index in [0.717, 1.165) is 0 Å². The zero-order chi connectivity index (χ0) is 15.2. The third-order valence-electron chi connectivity index (χ3n) is 3.15. The second kappa shape index (κ2) is 4.71. The molecule has 0 aromatic heterocycles. The van der Waals surface area contributed by atoms with Crippen LogP contribution in [-0.2, 0) is 14.8 Å². The van der Waals surface area contributed by atoms with Crippen molar-refractivity contribution in [2.75, 3.05) is 6.54 Å². The van der Waals surface area contributed by atoms with Gasteiger partial charge >= 0.3 is 6.03 Å². The highest BCUT2D eigenvalue weighted by Gasteiger charge is 2.37. The van der Waals surface area contributed by atoms with Crippen LogP contribution in [-0.4, -0.2) is 31.2 Å². The number of hydrogen-bond donors (Lipinski definition) is 1. The Bertz CT molecular complexity index is 879. The average Bonchev–Trinajstić information content (AvgIpc) is 2.78. The van der Waals surface area contributed by atoms with Gasteiger partial charge in [-0.25, -0.2) is 17.5 Å². The minimum absolute atomic E-state index is 0.0675. The second-order valence-electron chi connectivity index (χ2n) is 4.49. The van der Waals surface area contributed by atoms with Gasteiger partial charge in [-0.15, -0.1) is 0 Å². The SMILES string of the molecule is O=C1CN(S(=O)(=O)c2ccc3c(Cl)cccc3c2)C(=O)N1. The molecule has 108 valence electrons. The van der Waals surface area contributed by atoms with Crippen molar-refractivity contribution in [3.8, 4) is 0 Å². The van der Waals surface area contributed by atoms with Gasteiger partial charge in [0.1, 0.15) is 6.54 Å². The molecule has 2 aromatic carbocycles. The zero-order valence-electron chi connectivity index (χ0n) is 10.5. The highest BCUT2D eigenvalue weighted by Crippen LogP contribution is 2.27. The largest absolute Gasteiger partial charge is 0.338 e. The van der Waals surface area contributed by atoms with E-state index in [1.807, 2.05) is 5.32 Å². The molecule has 8 heteroatoms. The lowest BCUT2D eigenvalue weighted by molar-refractivity contribution is -0.118. The first-order valence-electron chi connectivity index (χ1n) is 5.94. The Morgan fingerprint density at radius 1 is 1.14 bits per heavy atom. The van der Waals surface area contributed by atoms with Crippen LogP contribution in [0.4, 0.5) is 4.79 Å². The number of carbonyl (C=O) groups is 2. The van der Waals surface area contributed by atoms with Crippen molar-refractivity contribution in [2.45, 2.75) is 4.90 Å². The van der Waals surface area contributed by atoms with Gasteiger partial charge in [-0.2, -0.15) is 0 Å². The number of nitrogens with one attached hydrogen (secondary N) is 1. The number of benzene rings is 2. The zero-order valence-corrected chi connectivity index (χ0v) is 12.1. The third kappa shape index (κ3) is 2.24. The molecule has 0 unspecified atom stereocenters. The Balaban J connectivity index is 2.11. The van der Waals surface area contributed by atoms with E-state index in [2.05, 4.69) is 0 Å². The van der Waals surface area contributed by atoms with Crippen molar-refractivity contribution in [1.29, 1.82) is 0 Å². The van der Waals surface area contributed by atoms with Crippen molar-refractivity contribution in [2.24, 2.45) is 0 Å². The number of hydrogen-bond acceptors (Lipinski definition) is 4. The maximum Gasteiger partial charge on any atom is 0.338 e. The fraction of sp³-hybridized carbons (Fsp3) is 0.0769. The summed E-state index contributed by atoms with van der Waals surface area (Å²) >= 11 is 6.02. The summed E-state index contributed by atoms with van der Waals surface area (Å²) < 4.78 is 25.3. The Labute approximate surface area is 125 Å². The van der Waals surface area contributed by atoms with Gasteiger partial charge in [-0.3, -0.25) is 10.1 Å². The number of carbonyl (C=O) groups excluding carboxylic acids is 2. The Morgan fingerprint density at radius 2 is 1.90 bits per heavy atom. The van der Waals surface area contributed by atoms with Crippen LogP contribution in [0.15, 0.2) is 41.3 Å². The van der Waals surface area contributed by atoms with Crippen LogP contribution in [0.5, 0.6) is 0 Å². The van der Waals surface area contributed by atoms with E-state index in [0.29, 0.717) is 20.1 Å². The summed E-state index contributed by atoms with van der Waals surface area (Å²) in [6, 6.07) is 8.53. The van der Waals surface area contributed by atoms with E-state index >= 15 is 0 Å². The topological polar surface area (TPSA) is 83.6 Å². The Morgan fingerprint density at radius 3 is 2.57 bits per heavy atom. The van der Waals surface area contributed by atoms with Crippen LogP contribution in [0, 0.1) is 0 Å². The summed E-state index contributed by atoms with van der Waals surface area (Å²) in [6.07, 6.45) is 0. The monoisotopic (exact) mass is 324 g/mol. The van der Waals surface area contributed by atoms with Gasteiger partial charge < -0.3 is 0 Å². The standard InChI is InChI=1S/C13H9ClN2O4S/c14-11-3-1-2-8-6-9(4-5-10(8)11)21(19,20)16-7-12(17)15-13(16)18/h1-6H,7H2,(H,15,17,18). The van der Waals surface area contributed by atoms with Gasteiger partial charge in [0.05, 0.1) is 4.90 Å². The van der Waals surface area contributed by atoms with Crippen LogP contribution in [0.2, 0.25) is 5.02 Å². The third-order valence-corrected chi connectivity index (χ3v) is 5.20. The van der Waals surface area contributed by atoms with Crippen molar-refractivity contribution in [3.63, 3.8) is 0 Å². The summed E-state index contributed by atoms with van der Waals surface area (Å²) in [5.74, 6) is -0.646. The van der Waals surface area contributed by atoms with Crippen molar-refractivity contribution < 1.29 is 18.0 Å². The average molecular weight is 325 g/mol. The molecule has 0 saturated carbocycles. The molecule has 1 aliphatic rings. The van der Waals surface area contributed by atoms with E-state index in [1.165, 1.54) is 12.1 Å². The quantitative estimate of drug-likeness (QED) is 0.853. The maximum absolute atomic E-state index is 12.4. The second-order valence-corrected chi connectivity index (χ2v) is 6.76. The minimum atomic E-state index is -4.07. The van der Waals surface area contributed by atoms with Crippen molar-refractivity contribution in [1.82, 2.24) is 9.62 Å². The molecule has 1 N–H and O–H groups in total. The van der Waals surface area contributed by atoms with Gasteiger partial charge in [0.25, 0.3) is 10.0 Å². The lowest BCUT2D eigenvalue weighted by Crippen LogP contribution is -2.34. The smallest absolute Gasteiger partial charge is 0.275 e. The number of halogens is 1. The van der Waals surface area contributed by atoms with E-state index in [9.17, 15) is 18.0 Å². The summed E-state index contributed by atoms with van der Waals surface area (Å²) in [7, 11) is -4.07. The van der Waals surface area contributed by atoms with Gasteiger partial charge in [0, 0.05) is 10.4 Å². The first kappa shape index (κ1) is 13.8. The first-order valence-corrected chi connectivity index (χ1v) is 7.76. The van der Waals surface area contributed by atoms with Gasteiger partial charge in [0.15, 0.2) is 0 Å².